The number of carbonyl (C=O) groups excluding carboxylic acids is 1. The van der Waals surface area contributed by atoms with E-state index in [4.69, 9.17) is 0 Å². The molecule has 0 saturated heterocycles. The summed E-state index contributed by atoms with van der Waals surface area (Å²) in [5, 5.41) is 7.21. The Morgan fingerprint density at radius 3 is 2.91 bits per heavy atom. The van der Waals surface area contributed by atoms with Gasteiger partial charge in [-0.3, -0.25) is 4.79 Å². The van der Waals surface area contributed by atoms with Crippen LogP contribution < -0.4 is 10.6 Å². The number of pyridine rings is 1. The number of fused-ring (bicyclic) bond motifs is 2. The molecule has 3 aromatic rings. The van der Waals surface area contributed by atoms with Crippen molar-refractivity contribution in [2.45, 2.75) is 32.7 Å². The fourth-order valence-electron chi connectivity index (χ4n) is 5.14. The SMILES string of the molecule is CN(C)CC(C)(C)C(=O)N1CC=C(C2Cc3c(Nc4ccc5ncsc5c4)ccnc3N2)CC1. The maximum Gasteiger partial charge on any atom is 0.229 e. The Bertz CT molecular complexity index is 1250. The number of thiazole rings is 1. The summed E-state index contributed by atoms with van der Waals surface area (Å²) in [4.78, 5) is 26.1. The van der Waals surface area contributed by atoms with E-state index in [0.717, 1.165) is 48.6 Å². The molecule has 0 saturated carbocycles. The molecule has 0 spiro atoms. The second-order valence-electron chi connectivity index (χ2n) is 10.1. The molecule has 0 radical (unpaired) electrons. The summed E-state index contributed by atoms with van der Waals surface area (Å²) < 4.78 is 1.17. The topological polar surface area (TPSA) is 73.4 Å². The Labute approximate surface area is 204 Å². The van der Waals surface area contributed by atoms with Crippen LogP contribution in [0.1, 0.15) is 25.8 Å². The summed E-state index contributed by atoms with van der Waals surface area (Å²) in [6.07, 6.45) is 5.87. The lowest BCUT2D eigenvalue weighted by Gasteiger charge is -2.36. The Morgan fingerprint density at radius 2 is 2.15 bits per heavy atom. The van der Waals surface area contributed by atoms with Crippen molar-refractivity contribution in [1.82, 2.24) is 19.8 Å². The van der Waals surface area contributed by atoms with Crippen LogP contribution in [-0.2, 0) is 11.2 Å². The third-order valence-electron chi connectivity index (χ3n) is 6.65. The average Bonchev–Trinajstić information content (AvgIpc) is 3.45. The van der Waals surface area contributed by atoms with E-state index in [1.807, 2.05) is 50.6 Å². The number of anilines is 3. The summed E-state index contributed by atoms with van der Waals surface area (Å²) in [5.41, 5.74) is 7.24. The third-order valence-corrected chi connectivity index (χ3v) is 7.45. The maximum atomic E-state index is 13.1. The van der Waals surface area contributed by atoms with Crippen LogP contribution in [0, 0.1) is 5.41 Å². The number of hydrogen-bond donors (Lipinski definition) is 2. The molecule has 0 bridgehead atoms. The summed E-state index contributed by atoms with van der Waals surface area (Å²) in [7, 11) is 4.03. The van der Waals surface area contributed by atoms with E-state index in [0.29, 0.717) is 6.54 Å². The van der Waals surface area contributed by atoms with Gasteiger partial charge in [0.05, 0.1) is 27.2 Å². The molecule has 8 heteroatoms. The number of benzene rings is 1. The number of carbonyl (C=O) groups is 1. The van der Waals surface area contributed by atoms with E-state index in [9.17, 15) is 4.79 Å². The van der Waals surface area contributed by atoms with Crippen molar-refractivity contribution in [3.63, 3.8) is 0 Å². The molecular weight excluding hydrogens is 444 g/mol. The molecule has 1 unspecified atom stereocenters. The molecular formula is C26H32N6OS. The van der Waals surface area contributed by atoms with Gasteiger partial charge in [-0.05, 0) is 64.2 Å². The lowest BCUT2D eigenvalue weighted by Crippen LogP contribution is -2.47. The molecule has 4 heterocycles. The van der Waals surface area contributed by atoms with Crippen molar-refractivity contribution in [3.05, 3.63) is 53.2 Å². The van der Waals surface area contributed by atoms with Crippen LogP contribution in [0.2, 0.25) is 0 Å². The second-order valence-corrected chi connectivity index (χ2v) is 11.0. The number of nitrogens with zero attached hydrogens (tertiary/aromatic N) is 4. The Morgan fingerprint density at radius 1 is 1.29 bits per heavy atom. The minimum Gasteiger partial charge on any atom is -0.363 e. The summed E-state index contributed by atoms with van der Waals surface area (Å²) in [5.74, 6) is 1.17. The quantitative estimate of drug-likeness (QED) is 0.510. The maximum absolute atomic E-state index is 13.1. The van der Waals surface area contributed by atoms with Crippen LogP contribution >= 0.6 is 11.3 Å². The van der Waals surface area contributed by atoms with E-state index >= 15 is 0 Å². The Kier molecular flexibility index (Phi) is 6.04. The lowest BCUT2D eigenvalue weighted by molar-refractivity contribution is -0.140. The fourth-order valence-corrected chi connectivity index (χ4v) is 5.86. The standard InChI is InChI=1S/C26H32N6OS/c1-26(2,15-31(3)4)25(33)32-11-8-17(9-12-32)22-14-19-20(7-10-27-24(19)30-22)29-18-5-6-21-23(13-18)34-16-28-21/h5-8,10,13,16,22H,9,11-12,14-15H2,1-4H3,(H2,27,29,30). The normalized spacial score (nSPS) is 18.1. The summed E-state index contributed by atoms with van der Waals surface area (Å²) >= 11 is 1.65. The highest BCUT2D eigenvalue weighted by atomic mass is 32.1. The highest BCUT2D eigenvalue weighted by Crippen LogP contribution is 2.36. The van der Waals surface area contributed by atoms with Crippen molar-refractivity contribution in [2.75, 3.05) is 44.4 Å². The van der Waals surface area contributed by atoms with Crippen molar-refractivity contribution in [2.24, 2.45) is 5.41 Å². The van der Waals surface area contributed by atoms with Crippen LogP contribution in [-0.4, -0.2) is 65.4 Å². The zero-order valence-electron chi connectivity index (χ0n) is 20.3. The Hall–Kier alpha value is -2.97. The van der Waals surface area contributed by atoms with Gasteiger partial charge in [-0.15, -0.1) is 11.3 Å². The lowest BCUT2D eigenvalue weighted by atomic mass is 9.89. The highest BCUT2D eigenvalue weighted by Gasteiger charge is 2.34. The molecule has 2 N–H and O–H groups in total. The molecule has 34 heavy (non-hydrogen) atoms. The molecule has 1 aromatic carbocycles. The predicted octanol–water partition coefficient (Wildman–Crippen LogP) is 4.52. The minimum absolute atomic E-state index is 0.224. The molecule has 1 atom stereocenters. The van der Waals surface area contributed by atoms with Crippen molar-refractivity contribution in [1.29, 1.82) is 0 Å². The molecule has 2 aromatic heterocycles. The number of rotatable bonds is 6. The third kappa shape index (κ3) is 4.52. The first-order chi connectivity index (χ1) is 16.3. The molecule has 2 aliphatic rings. The van der Waals surface area contributed by atoms with Gasteiger partial charge in [-0.1, -0.05) is 6.08 Å². The van der Waals surface area contributed by atoms with E-state index in [2.05, 4.69) is 49.8 Å². The molecule has 1 amide bonds. The van der Waals surface area contributed by atoms with Crippen LogP contribution in [0.3, 0.4) is 0 Å². The molecule has 7 nitrogen and oxygen atoms in total. The number of hydrogen-bond acceptors (Lipinski definition) is 7. The van der Waals surface area contributed by atoms with Crippen molar-refractivity contribution >= 4 is 44.7 Å². The van der Waals surface area contributed by atoms with Gasteiger partial charge in [0.2, 0.25) is 5.91 Å². The molecule has 0 fully saturated rings. The highest BCUT2D eigenvalue weighted by molar-refractivity contribution is 7.16. The van der Waals surface area contributed by atoms with Gasteiger partial charge in [-0.2, -0.15) is 0 Å². The first-order valence-electron chi connectivity index (χ1n) is 11.8. The van der Waals surface area contributed by atoms with E-state index in [1.165, 1.54) is 15.8 Å². The first-order valence-corrected chi connectivity index (χ1v) is 12.7. The number of nitrogens with one attached hydrogen (secondary N) is 2. The van der Waals surface area contributed by atoms with Crippen LogP contribution in [0.25, 0.3) is 10.2 Å². The average molecular weight is 477 g/mol. The second kappa shape index (κ2) is 9.00. The van der Waals surface area contributed by atoms with Crippen LogP contribution in [0.5, 0.6) is 0 Å². The van der Waals surface area contributed by atoms with Gasteiger partial charge in [0.25, 0.3) is 0 Å². The van der Waals surface area contributed by atoms with Crippen molar-refractivity contribution in [3.8, 4) is 0 Å². The van der Waals surface area contributed by atoms with E-state index in [1.54, 1.807) is 11.3 Å². The zero-order valence-corrected chi connectivity index (χ0v) is 21.1. The van der Waals surface area contributed by atoms with Gasteiger partial charge in [0, 0.05) is 49.2 Å². The monoisotopic (exact) mass is 476 g/mol. The fraction of sp³-hybridized carbons (Fsp3) is 0.423. The number of aromatic nitrogens is 2. The van der Waals surface area contributed by atoms with Gasteiger partial charge in [0.15, 0.2) is 0 Å². The van der Waals surface area contributed by atoms with Crippen LogP contribution in [0.4, 0.5) is 17.2 Å². The predicted molar refractivity (Wildman–Crippen MR) is 140 cm³/mol. The largest absolute Gasteiger partial charge is 0.363 e. The summed E-state index contributed by atoms with van der Waals surface area (Å²) in [6.45, 7) is 6.26. The molecule has 2 aliphatic heterocycles. The van der Waals surface area contributed by atoms with Gasteiger partial charge in [-0.25, -0.2) is 9.97 Å². The summed E-state index contributed by atoms with van der Waals surface area (Å²) in [6, 6.07) is 8.54. The van der Waals surface area contributed by atoms with Gasteiger partial charge in [0.1, 0.15) is 5.82 Å². The van der Waals surface area contributed by atoms with Crippen LogP contribution in [0.15, 0.2) is 47.6 Å². The Balaban J connectivity index is 1.27. The van der Waals surface area contributed by atoms with Gasteiger partial charge >= 0.3 is 0 Å². The van der Waals surface area contributed by atoms with Crippen molar-refractivity contribution < 1.29 is 4.79 Å². The smallest absolute Gasteiger partial charge is 0.229 e. The minimum atomic E-state index is -0.386. The molecule has 0 aliphatic carbocycles. The van der Waals surface area contributed by atoms with E-state index < -0.39 is 0 Å². The van der Waals surface area contributed by atoms with E-state index in [-0.39, 0.29) is 17.4 Å². The molecule has 5 rings (SSSR count). The molecule has 178 valence electrons. The van der Waals surface area contributed by atoms with Gasteiger partial charge < -0.3 is 20.4 Å². The zero-order chi connectivity index (χ0) is 23.9. The number of amides is 1. The first kappa shape index (κ1) is 22.8.